The lowest BCUT2D eigenvalue weighted by Crippen LogP contribution is -2.57. The van der Waals surface area contributed by atoms with Crippen LogP contribution in [0.25, 0.3) is 0 Å². The quantitative estimate of drug-likeness (QED) is 0.695. The fourth-order valence-corrected chi connectivity index (χ4v) is 4.02. The number of hydrogen-bond donors (Lipinski definition) is 2. The molecule has 1 unspecified atom stereocenters. The minimum atomic E-state index is -1.33. The van der Waals surface area contributed by atoms with Crippen LogP contribution in [0.3, 0.4) is 0 Å². The SMILES string of the molecule is CCCOc1c(C)cccc1C(=O)NC1(C(=O)O)CCc2cc(Br)ccc2C1. The Morgan fingerprint density at radius 2 is 2.04 bits per heavy atom. The van der Waals surface area contributed by atoms with Crippen molar-refractivity contribution in [3.63, 3.8) is 0 Å². The van der Waals surface area contributed by atoms with E-state index in [4.69, 9.17) is 4.74 Å². The third-order valence-corrected chi connectivity index (χ3v) is 5.64. The molecule has 0 heterocycles. The Kier molecular flexibility index (Phi) is 6.08. The number of fused-ring (bicyclic) bond motifs is 1. The zero-order valence-corrected chi connectivity index (χ0v) is 17.6. The van der Waals surface area contributed by atoms with E-state index < -0.39 is 17.4 Å². The molecule has 0 saturated carbocycles. The van der Waals surface area contributed by atoms with Crippen molar-refractivity contribution in [1.29, 1.82) is 0 Å². The number of halogens is 1. The van der Waals surface area contributed by atoms with Crippen LogP contribution >= 0.6 is 15.9 Å². The van der Waals surface area contributed by atoms with Crippen molar-refractivity contribution in [3.8, 4) is 5.75 Å². The number of hydrogen-bond acceptors (Lipinski definition) is 3. The first-order valence-electron chi connectivity index (χ1n) is 9.42. The van der Waals surface area contributed by atoms with E-state index in [9.17, 15) is 14.7 Å². The van der Waals surface area contributed by atoms with Crippen molar-refractivity contribution < 1.29 is 19.4 Å². The van der Waals surface area contributed by atoms with Gasteiger partial charge in [-0.05, 0) is 61.1 Å². The van der Waals surface area contributed by atoms with E-state index in [1.807, 2.05) is 38.1 Å². The molecule has 0 fully saturated rings. The first-order valence-corrected chi connectivity index (χ1v) is 10.2. The van der Waals surface area contributed by atoms with E-state index in [0.717, 1.165) is 27.6 Å². The highest BCUT2D eigenvalue weighted by atomic mass is 79.9. The molecule has 6 heteroatoms. The number of carbonyl (C=O) groups is 2. The summed E-state index contributed by atoms with van der Waals surface area (Å²) >= 11 is 3.45. The second-order valence-electron chi connectivity index (χ2n) is 7.23. The minimum Gasteiger partial charge on any atom is -0.492 e. The number of nitrogens with one attached hydrogen (secondary N) is 1. The van der Waals surface area contributed by atoms with Crippen LogP contribution in [0.4, 0.5) is 0 Å². The average Bonchev–Trinajstić information content (AvgIpc) is 2.66. The smallest absolute Gasteiger partial charge is 0.329 e. The van der Waals surface area contributed by atoms with E-state index in [1.54, 1.807) is 12.1 Å². The number of carboxylic acids is 1. The van der Waals surface area contributed by atoms with Gasteiger partial charge in [0.05, 0.1) is 12.2 Å². The number of carbonyl (C=O) groups excluding carboxylic acids is 1. The van der Waals surface area contributed by atoms with Crippen LogP contribution in [0.15, 0.2) is 40.9 Å². The van der Waals surface area contributed by atoms with Gasteiger partial charge in [-0.15, -0.1) is 0 Å². The van der Waals surface area contributed by atoms with Crippen molar-refractivity contribution in [1.82, 2.24) is 5.32 Å². The van der Waals surface area contributed by atoms with E-state index in [-0.39, 0.29) is 6.42 Å². The molecule has 0 saturated heterocycles. The highest BCUT2D eigenvalue weighted by molar-refractivity contribution is 9.10. The summed E-state index contributed by atoms with van der Waals surface area (Å²) in [6, 6.07) is 11.2. The van der Waals surface area contributed by atoms with Crippen molar-refractivity contribution in [2.45, 2.75) is 45.1 Å². The standard InChI is InChI=1S/C22H24BrNO4/c1-3-11-28-19-14(2)5-4-6-18(19)20(25)24-22(21(26)27)10-9-15-12-17(23)8-7-16(15)13-22/h4-8,12H,3,9-11,13H2,1-2H3,(H,24,25)(H,26,27). The van der Waals surface area contributed by atoms with E-state index in [2.05, 4.69) is 21.2 Å². The molecule has 0 radical (unpaired) electrons. The number of rotatable bonds is 6. The van der Waals surface area contributed by atoms with Gasteiger partial charge in [0, 0.05) is 10.9 Å². The highest BCUT2D eigenvalue weighted by Gasteiger charge is 2.43. The molecule has 5 nitrogen and oxygen atoms in total. The Bertz CT molecular complexity index is 911. The Balaban J connectivity index is 1.90. The number of para-hydroxylation sites is 1. The summed E-state index contributed by atoms with van der Waals surface area (Å²) in [4.78, 5) is 25.3. The van der Waals surface area contributed by atoms with Crippen LogP contribution in [0.5, 0.6) is 5.75 Å². The Labute approximate surface area is 173 Å². The van der Waals surface area contributed by atoms with Gasteiger partial charge in [0.25, 0.3) is 5.91 Å². The van der Waals surface area contributed by atoms with Crippen molar-refractivity contribution in [2.75, 3.05) is 6.61 Å². The normalized spacial score (nSPS) is 18.2. The maximum atomic E-state index is 13.1. The number of amides is 1. The molecule has 1 atom stereocenters. The lowest BCUT2D eigenvalue weighted by atomic mass is 9.77. The van der Waals surface area contributed by atoms with Gasteiger partial charge in [0.1, 0.15) is 11.3 Å². The summed E-state index contributed by atoms with van der Waals surface area (Å²) in [5.74, 6) is -0.918. The third kappa shape index (κ3) is 4.07. The summed E-state index contributed by atoms with van der Waals surface area (Å²) < 4.78 is 6.74. The molecule has 3 rings (SSSR count). The van der Waals surface area contributed by atoms with E-state index in [0.29, 0.717) is 30.8 Å². The Morgan fingerprint density at radius 1 is 1.25 bits per heavy atom. The lowest BCUT2D eigenvalue weighted by molar-refractivity contribution is -0.145. The summed E-state index contributed by atoms with van der Waals surface area (Å²) in [5.41, 5.74) is 1.95. The molecule has 2 N–H and O–H groups in total. The second kappa shape index (κ2) is 8.35. The van der Waals surface area contributed by atoms with Crippen LogP contribution in [0.2, 0.25) is 0 Å². The molecular formula is C22H24BrNO4. The van der Waals surface area contributed by atoms with Gasteiger partial charge in [-0.25, -0.2) is 4.79 Å². The number of benzene rings is 2. The first kappa shape index (κ1) is 20.4. The van der Waals surface area contributed by atoms with Gasteiger partial charge in [0.15, 0.2) is 0 Å². The minimum absolute atomic E-state index is 0.258. The van der Waals surface area contributed by atoms with Gasteiger partial charge in [0.2, 0.25) is 0 Å². The van der Waals surface area contributed by atoms with Gasteiger partial charge in [-0.1, -0.05) is 41.1 Å². The molecule has 1 aliphatic rings. The summed E-state index contributed by atoms with van der Waals surface area (Å²) in [6.07, 6.45) is 2.01. The maximum Gasteiger partial charge on any atom is 0.329 e. The van der Waals surface area contributed by atoms with Gasteiger partial charge < -0.3 is 15.2 Å². The number of aryl methyl sites for hydroxylation is 2. The third-order valence-electron chi connectivity index (χ3n) is 5.15. The first-order chi connectivity index (χ1) is 13.4. The average molecular weight is 446 g/mol. The monoisotopic (exact) mass is 445 g/mol. The van der Waals surface area contributed by atoms with Crippen LogP contribution < -0.4 is 10.1 Å². The highest BCUT2D eigenvalue weighted by Crippen LogP contribution is 2.32. The molecule has 0 aliphatic heterocycles. The molecule has 2 aromatic rings. The summed E-state index contributed by atoms with van der Waals surface area (Å²) in [6.45, 7) is 4.37. The number of aliphatic carboxylic acids is 1. The van der Waals surface area contributed by atoms with Gasteiger partial charge in [-0.2, -0.15) is 0 Å². The van der Waals surface area contributed by atoms with Gasteiger partial charge in [-0.3, -0.25) is 4.79 Å². The molecule has 0 aromatic heterocycles. The zero-order valence-electron chi connectivity index (χ0n) is 16.0. The van der Waals surface area contributed by atoms with Crippen molar-refractivity contribution in [3.05, 3.63) is 63.1 Å². The maximum absolute atomic E-state index is 13.1. The Morgan fingerprint density at radius 3 is 2.75 bits per heavy atom. The zero-order chi connectivity index (χ0) is 20.3. The summed E-state index contributed by atoms with van der Waals surface area (Å²) in [7, 11) is 0. The van der Waals surface area contributed by atoms with Crippen molar-refractivity contribution >= 4 is 27.8 Å². The van der Waals surface area contributed by atoms with Crippen LogP contribution in [0, 0.1) is 6.92 Å². The molecule has 1 aliphatic carbocycles. The molecule has 148 valence electrons. The number of ether oxygens (including phenoxy) is 1. The molecule has 0 spiro atoms. The van der Waals surface area contributed by atoms with Crippen LogP contribution in [0.1, 0.15) is 46.8 Å². The van der Waals surface area contributed by atoms with Crippen LogP contribution in [-0.2, 0) is 17.6 Å². The molecule has 1 amide bonds. The fourth-order valence-electron chi connectivity index (χ4n) is 3.62. The van der Waals surface area contributed by atoms with E-state index >= 15 is 0 Å². The predicted octanol–water partition coefficient (Wildman–Crippen LogP) is 4.29. The number of carboxylic acid groups (broad SMARTS) is 1. The molecule has 0 bridgehead atoms. The lowest BCUT2D eigenvalue weighted by Gasteiger charge is -2.35. The van der Waals surface area contributed by atoms with E-state index in [1.165, 1.54) is 0 Å². The predicted molar refractivity (Wildman–Crippen MR) is 111 cm³/mol. The Hall–Kier alpha value is -2.34. The largest absolute Gasteiger partial charge is 0.492 e. The van der Waals surface area contributed by atoms with Crippen molar-refractivity contribution in [2.24, 2.45) is 0 Å². The second-order valence-corrected chi connectivity index (χ2v) is 8.15. The summed E-state index contributed by atoms with van der Waals surface area (Å²) in [5, 5.41) is 12.8. The van der Waals surface area contributed by atoms with Crippen LogP contribution in [-0.4, -0.2) is 29.1 Å². The molecular weight excluding hydrogens is 422 g/mol. The molecule has 28 heavy (non-hydrogen) atoms. The van der Waals surface area contributed by atoms with Gasteiger partial charge >= 0.3 is 5.97 Å². The fraction of sp³-hybridized carbons (Fsp3) is 0.364. The topological polar surface area (TPSA) is 75.6 Å². The molecule has 2 aromatic carbocycles.